The summed E-state index contributed by atoms with van der Waals surface area (Å²) in [4.78, 5) is 2.28. The fraction of sp³-hybridized carbons (Fsp3) is 0. The molecule has 0 saturated heterocycles. The van der Waals surface area contributed by atoms with Gasteiger partial charge in [0.1, 0.15) is 11.2 Å². The van der Waals surface area contributed by atoms with Crippen LogP contribution in [0.1, 0.15) is 0 Å². The van der Waals surface area contributed by atoms with Crippen LogP contribution in [0.3, 0.4) is 0 Å². The van der Waals surface area contributed by atoms with Crippen molar-refractivity contribution in [2.24, 2.45) is 0 Å². The van der Waals surface area contributed by atoms with Crippen molar-refractivity contribution >= 4 is 50.6 Å². The predicted molar refractivity (Wildman–Crippen MR) is 139 cm³/mol. The van der Waals surface area contributed by atoms with Crippen LogP contribution in [0.5, 0.6) is 0 Å². The second-order valence-electron chi connectivity index (χ2n) is 8.01. The molecule has 0 spiro atoms. The summed E-state index contributed by atoms with van der Waals surface area (Å²) in [6, 6.07) is 41.7. The molecule has 0 aliphatic heterocycles. The number of rotatable bonds is 4. The summed E-state index contributed by atoms with van der Waals surface area (Å²) in [6.07, 6.45) is 0. The van der Waals surface area contributed by atoms with Gasteiger partial charge < -0.3 is 9.32 Å². The molecule has 6 rings (SSSR count). The SMILES string of the molecule is Clc1ccc2c(c1)oc1ccc(N(c3ccccc3)c3cccc(-c4ccccc4)c3)cc12. The summed E-state index contributed by atoms with van der Waals surface area (Å²) >= 11 is 6.19. The smallest absolute Gasteiger partial charge is 0.136 e. The molecule has 0 saturated carbocycles. The average Bonchev–Trinajstić information content (AvgIpc) is 3.22. The van der Waals surface area contributed by atoms with E-state index in [1.807, 2.05) is 36.4 Å². The number of fused-ring (bicyclic) bond motifs is 3. The number of hydrogen-bond acceptors (Lipinski definition) is 2. The zero-order valence-corrected chi connectivity index (χ0v) is 18.5. The molecule has 33 heavy (non-hydrogen) atoms. The van der Waals surface area contributed by atoms with Crippen LogP contribution in [-0.4, -0.2) is 0 Å². The van der Waals surface area contributed by atoms with Crippen LogP contribution in [0.15, 0.2) is 126 Å². The van der Waals surface area contributed by atoms with Gasteiger partial charge in [-0.15, -0.1) is 0 Å². The molecular weight excluding hydrogens is 426 g/mol. The third-order valence-electron chi connectivity index (χ3n) is 5.90. The normalized spacial score (nSPS) is 11.2. The number of hydrogen-bond donors (Lipinski definition) is 0. The first-order chi connectivity index (χ1) is 16.3. The van der Waals surface area contributed by atoms with Crippen molar-refractivity contribution < 1.29 is 4.42 Å². The van der Waals surface area contributed by atoms with Gasteiger partial charge >= 0.3 is 0 Å². The van der Waals surface area contributed by atoms with E-state index >= 15 is 0 Å². The van der Waals surface area contributed by atoms with E-state index in [1.54, 1.807) is 0 Å². The van der Waals surface area contributed by atoms with Gasteiger partial charge in [0.2, 0.25) is 0 Å². The third kappa shape index (κ3) is 3.65. The van der Waals surface area contributed by atoms with Gasteiger partial charge in [-0.05, 0) is 65.7 Å². The van der Waals surface area contributed by atoms with Crippen LogP contribution in [0, 0.1) is 0 Å². The quantitative estimate of drug-likeness (QED) is 0.268. The number of anilines is 3. The lowest BCUT2D eigenvalue weighted by atomic mass is 10.0. The van der Waals surface area contributed by atoms with Crippen LogP contribution < -0.4 is 4.90 Å². The predicted octanol–water partition coefficient (Wildman–Crippen LogP) is 9.38. The van der Waals surface area contributed by atoms with Gasteiger partial charge in [0.25, 0.3) is 0 Å². The van der Waals surface area contributed by atoms with Gasteiger partial charge in [-0.25, -0.2) is 0 Å². The summed E-state index contributed by atoms with van der Waals surface area (Å²) in [7, 11) is 0. The molecular formula is C30H20ClNO. The molecule has 2 nitrogen and oxygen atoms in total. The first-order valence-corrected chi connectivity index (χ1v) is 11.3. The molecule has 3 heteroatoms. The second kappa shape index (κ2) is 8.16. The Morgan fingerprint density at radius 1 is 0.485 bits per heavy atom. The molecule has 0 N–H and O–H groups in total. The fourth-order valence-corrected chi connectivity index (χ4v) is 4.52. The maximum Gasteiger partial charge on any atom is 0.136 e. The number of furan rings is 1. The molecule has 158 valence electrons. The minimum absolute atomic E-state index is 0.672. The standard InChI is InChI=1S/C30H20ClNO/c31-23-14-16-27-28-20-26(15-17-29(28)33-30(27)19-23)32(24-11-5-2-6-12-24)25-13-7-10-22(18-25)21-8-3-1-4-9-21/h1-20H. The summed E-state index contributed by atoms with van der Waals surface area (Å²) in [5.41, 5.74) is 7.28. The molecule has 0 unspecified atom stereocenters. The van der Waals surface area contributed by atoms with Crippen LogP contribution in [0.4, 0.5) is 17.1 Å². The minimum atomic E-state index is 0.672. The molecule has 6 aromatic rings. The highest BCUT2D eigenvalue weighted by atomic mass is 35.5. The van der Waals surface area contributed by atoms with Crippen molar-refractivity contribution in [2.45, 2.75) is 0 Å². The molecule has 0 aliphatic carbocycles. The average molecular weight is 446 g/mol. The Kier molecular flexibility index (Phi) is 4.86. The van der Waals surface area contributed by atoms with Gasteiger partial charge in [-0.2, -0.15) is 0 Å². The number of nitrogens with zero attached hydrogens (tertiary/aromatic N) is 1. The lowest BCUT2D eigenvalue weighted by Gasteiger charge is -2.26. The summed E-state index contributed by atoms with van der Waals surface area (Å²) in [5.74, 6) is 0. The highest BCUT2D eigenvalue weighted by Crippen LogP contribution is 2.39. The van der Waals surface area contributed by atoms with E-state index in [9.17, 15) is 0 Å². The van der Waals surface area contributed by atoms with Gasteiger partial charge in [-0.1, -0.05) is 72.3 Å². The van der Waals surface area contributed by atoms with Crippen molar-refractivity contribution in [1.29, 1.82) is 0 Å². The summed E-state index contributed by atoms with van der Waals surface area (Å²) < 4.78 is 6.05. The Hall–Kier alpha value is -4.01. The summed E-state index contributed by atoms with van der Waals surface area (Å²) in [6.45, 7) is 0. The van der Waals surface area contributed by atoms with E-state index in [4.69, 9.17) is 16.0 Å². The van der Waals surface area contributed by atoms with Crippen LogP contribution in [0.25, 0.3) is 33.1 Å². The Bertz CT molecular complexity index is 1570. The van der Waals surface area contributed by atoms with Gasteiger partial charge in [0, 0.05) is 38.9 Å². The van der Waals surface area contributed by atoms with Gasteiger partial charge in [0.15, 0.2) is 0 Å². The van der Waals surface area contributed by atoms with Gasteiger partial charge in [0.05, 0.1) is 0 Å². The molecule has 1 heterocycles. The van der Waals surface area contributed by atoms with Crippen LogP contribution >= 0.6 is 11.6 Å². The molecule has 0 fully saturated rings. The third-order valence-corrected chi connectivity index (χ3v) is 6.14. The first-order valence-electron chi connectivity index (χ1n) is 10.9. The van der Waals surface area contributed by atoms with Crippen molar-refractivity contribution in [3.8, 4) is 11.1 Å². The summed E-state index contributed by atoms with van der Waals surface area (Å²) in [5, 5.41) is 2.80. The molecule has 1 aromatic heterocycles. The molecule has 0 amide bonds. The maximum absolute atomic E-state index is 6.19. The van der Waals surface area contributed by atoms with E-state index in [-0.39, 0.29) is 0 Å². The molecule has 0 radical (unpaired) electrons. The zero-order valence-electron chi connectivity index (χ0n) is 17.8. The maximum atomic E-state index is 6.19. The van der Waals surface area contributed by atoms with E-state index in [2.05, 4.69) is 89.8 Å². The zero-order chi connectivity index (χ0) is 22.2. The fourth-order valence-electron chi connectivity index (χ4n) is 4.36. The van der Waals surface area contributed by atoms with Crippen LogP contribution in [0.2, 0.25) is 5.02 Å². The minimum Gasteiger partial charge on any atom is -0.456 e. The highest BCUT2D eigenvalue weighted by molar-refractivity contribution is 6.31. The van der Waals surface area contributed by atoms with Crippen molar-refractivity contribution in [1.82, 2.24) is 0 Å². The number of benzene rings is 5. The Labute approximate surface area is 197 Å². The molecule has 5 aromatic carbocycles. The van der Waals surface area contributed by atoms with E-state index < -0.39 is 0 Å². The lowest BCUT2D eigenvalue weighted by molar-refractivity contribution is 0.669. The Morgan fingerprint density at radius 3 is 2.00 bits per heavy atom. The van der Waals surface area contributed by atoms with Crippen molar-refractivity contribution in [2.75, 3.05) is 4.90 Å². The molecule has 0 bridgehead atoms. The molecule has 0 aliphatic rings. The Balaban J connectivity index is 1.54. The van der Waals surface area contributed by atoms with Crippen LogP contribution in [-0.2, 0) is 0 Å². The van der Waals surface area contributed by atoms with Crippen molar-refractivity contribution in [3.63, 3.8) is 0 Å². The van der Waals surface area contributed by atoms with E-state index in [0.29, 0.717) is 5.02 Å². The first kappa shape index (κ1) is 19.7. The monoisotopic (exact) mass is 445 g/mol. The van der Waals surface area contributed by atoms with Crippen molar-refractivity contribution in [3.05, 3.63) is 126 Å². The number of para-hydroxylation sites is 1. The largest absolute Gasteiger partial charge is 0.456 e. The van der Waals surface area contributed by atoms with Gasteiger partial charge in [-0.3, -0.25) is 0 Å². The van der Waals surface area contributed by atoms with E-state index in [1.165, 1.54) is 11.1 Å². The lowest BCUT2D eigenvalue weighted by Crippen LogP contribution is -2.09. The van der Waals surface area contributed by atoms with E-state index in [0.717, 1.165) is 39.0 Å². The highest BCUT2D eigenvalue weighted by Gasteiger charge is 2.16. The Morgan fingerprint density at radius 2 is 1.18 bits per heavy atom. The topological polar surface area (TPSA) is 16.4 Å². The second-order valence-corrected chi connectivity index (χ2v) is 8.45. The molecule has 0 atom stereocenters. The number of halogens is 1.